The number of carbonyl (C=O) groups excluding carboxylic acids is 1. The van der Waals surface area contributed by atoms with E-state index in [4.69, 9.17) is 10.5 Å². The summed E-state index contributed by atoms with van der Waals surface area (Å²) < 4.78 is 5.26. The first-order chi connectivity index (χ1) is 9.41. The predicted molar refractivity (Wildman–Crippen MR) is 81.2 cm³/mol. The SMILES string of the molecule is COC(C)(C)CNC(=O)c1sc(NC2CCC2)nc1N. The van der Waals surface area contributed by atoms with Crippen LogP contribution in [0, 0.1) is 0 Å². The Morgan fingerprint density at radius 1 is 1.55 bits per heavy atom. The number of hydrogen-bond donors (Lipinski definition) is 3. The summed E-state index contributed by atoms with van der Waals surface area (Å²) in [4.78, 5) is 16.8. The molecule has 0 spiro atoms. The molecule has 2 rings (SSSR count). The van der Waals surface area contributed by atoms with Gasteiger partial charge in [0.1, 0.15) is 10.7 Å². The number of ether oxygens (including phenoxy) is 1. The van der Waals surface area contributed by atoms with Crippen LogP contribution in [0.4, 0.5) is 10.9 Å². The van der Waals surface area contributed by atoms with Gasteiger partial charge in [-0.3, -0.25) is 4.79 Å². The fourth-order valence-electron chi connectivity index (χ4n) is 1.73. The lowest BCUT2D eigenvalue weighted by Crippen LogP contribution is -2.39. The van der Waals surface area contributed by atoms with Crippen molar-refractivity contribution in [2.24, 2.45) is 0 Å². The van der Waals surface area contributed by atoms with Gasteiger partial charge in [0.2, 0.25) is 0 Å². The van der Waals surface area contributed by atoms with Crippen LogP contribution in [0.1, 0.15) is 42.8 Å². The fourth-order valence-corrected chi connectivity index (χ4v) is 2.61. The lowest BCUT2D eigenvalue weighted by Gasteiger charge is -2.25. The van der Waals surface area contributed by atoms with Crippen LogP contribution in [0.2, 0.25) is 0 Å². The zero-order chi connectivity index (χ0) is 14.8. The molecule has 20 heavy (non-hydrogen) atoms. The molecule has 1 aromatic rings. The van der Waals surface area contributed by atoms with Gasteiger partial charge in [-0.15, -0.1) is 0 Å². The molecule has 7 heteroatoms. The highest BCUT2D eigenvalue weighted by atomic mass is 32.1. The van der Waals surface area contributed by atoms with Crippen LogP contribution in [0.25, 0.3) is 0 Å². The average molecular weight is 298 g/mol. The van der Waals surface area contributed by atoms with Crippen molar-refractivity contribution in [2.75, 3.05) is 24.7 Å². The number of nitrogen functional groups attached to an aromatic ring is 1. The zero-order valence-corrected chi connectivity index (χ0v) is 13.0. The summed E-state index contributed by atoms with van der Waals surface area (Å²) in [5, 5.41) is 6.85. The third-order valence-electron chi connectivity index (χ3n) is 3.52. The molecule has 0 saturated heterocycles. The molecule has 0 atom stereocenters. The van der Waals surface area contributed by atoms with Crippen molar-refractivity contribution in [1.29, 1.82) is 0 Å². The molecule has 0 unspecified atom stereocenters. The number of rotatable bonds is 6. The molecule has 1 heterocycles. The molecule has 1 aromatic heterocycles. The minimum absolute atomic E-state index is 0.202. The van der Waals surface area contributed by atoms with Crippen LogP contribution in [0.3, 0.4) is 0 Å². The molecule has 112 valence electrons. The maximum absolute atomic E-state index is 12.1. The van der Waals surface area contributed by atoms with E-state index in [1.807, 2.05) is 13.8 Å². The summed E-state index contributed by atoms with van der Waals surface area (Å²) in [6.07, 6.45) is 3.56. The quantitative estimate of drug-likeness (QED) is 0.745. The monoisotopic (exact) mass is 298 g/mol. The van der Waals surface area contributed by atoms with E-state index in [1.54, 1.807) is 7.11 Å². The second-order valence-corrected chi connectivity index (χ2v) is 6.65. The third kappa shape index (κ3) is 3.61. The molecule has 0 aromatic carbocycles. The number of anilines is 2. The predicted octanol–water partition coefficient (Wildman–Crippen LogP) is 1.84. The summed E-state index contributed by atoms with van der Waals surface area (Å²) in [6.45, 7) is 4.24. The average Bonchev–Trinajstić information content (AvgIpc) is 2.72. The van der Waals surface area contributed by atoms with E-state index in [9.17, 15) is 4.79 Å². The molecule has 0 aliphatic heterocycles. The maximum Gasteiger partial charge on any atom is 0.265 e. The molecule has 1 aliphatic rings. The first-order valence-corrected chi connectivity index (χ1v) is 7.59. The molecular weight excluding hydrogens is 276 g/mol. The Balaban J connectivity index is 1.95. The van der Waals surface area contributed by atoms with E-state index in [2.05, 4.69) is 15.6 Å². The number of methoxy groups -OCH3 is 1. The summed E-state index contributed by atoms with van der Waals surface area (Å²) >= 11 is 1.30. The summed E-state index contributed by atoms with van der Waals surface area (Å²) in [5.41, 5.74) is 5.42. The molecule has 1 fully saturated rings. The van der Waals surface area contributed by atoms with Crippen molar-refractivity contribution in [3.05, 3.63) is 4.88 Å². The zero-order valence-electron chi connectivity index (χ0n) is 12.2. The highest BCUT2D eigenvalue weighted by Crippen LogP contribution is 2.29. The molecule has 1 amide bonds. The minimum atomic E-state index is -0.401. The minimum Gasteiger partial charge on any atom is -0.382 e. The fraction of sp³-hybridized carbons (Fsp3) is 0.692. The van der Waals surface area contributed by atoms with Gasteiger partial charge in [0.25, 0.3) is 5.91 Å². The van der Waals surface area contributed by atoms with E-state index in [-0.39, 0.29) is 11.7 Å². The van der Waals surface area contributed by atoms with Crippen LogP contribution >= 0.6 is 11.3 Å². The molecule has 1 aliphatic carbocycles. The van der Waals surface area contributed by atoms with Crippen molar-refractivity contribution in [3.8, 4) is 0 Å². The van der Waals surface area contributed by atoms with Gasteiger partial charge in [0, 0.05) is 19.7 Å². The van der Waals surface area contributed by atoms with Gasteiger partial charge in [0.15, 0.2) is 5.13 Å². The van der Waals surface area contributed by atoms with E-state index in [0.717, 1.165) is 18.0 Å². The van der Waals surface area contributed by atoms with Gasteiger partial charge >= 0.3 is 0 Å². The van der Waals surface area contributed by atoms with Crippen molar-refractivity contribution in [2.45, 2.75) is 44.8 Å². The van der Waals surface area contributed by atoms with Crippen LogP contribution in [-0.4, -0.2) is 36.2 Å². The highest BCUT2D eigenvalue weighted by Gasteiger charge is 2.23. The first-order valence-electron chi connectivity index (χ1n) is 6.77. The molecule has 4 N–H and O–H groups in total. The van der Waals surface area contributed by atoms with Gasteiger partial charge in [-0.25, -0.2) is 4.98 Å². The Morgan fingerprint density at radius 2 is 2.25 bits per heavy atom. The lowest BCUT2D eigenvalue weighted by molar-refractivity contribution is 0.0229. The Labute approximate surface area is 123 Å². The van der Waals surface area contributed by atoms with E-state index in [1.165, 1.54) is 17.8 Å². The van der Waals surface area contributed by atoms with Crippen LogP contribution in [0.5, 0.6) is 0 Å². The second-order valence-electron chi connectivity index (χ2n) is 5.65. The smallest absolute Gasteiger partial charge is 0.265 e. The van der Waals surface area contributed by atoms with Gasteiger partial charge in [-0.05, 0) is 33.1 Å². The summed E-state index contributed by atoms with van der Waals surface area (Å²) in [7, 11) is 1.62. The third-order valence-corrected chi connectivity index (χ3v) is 4.52. The standard InChI is InChI=1S/C13H22N4O2S/c1-13(2,19-3)7-15-11(18)9-10(14)17-12(20-9)16-8-5-4-6-8/h8H,4-7,14H2,1-3H3,(H,15,18)(H,16,17). The first kappa shape index (κ1) is 15.1. The number of nitrogens with two attached hydrogens (primary N) is 1. The van der Waals surface area contributed by atoms with Gasteiger partial charge in [-0.2, -0.15) is 0 Å². The number of aromatic nitrogens is 1. The molecule has 0 bridgehead atoms. The van der Waals surface area contributed by atoms with Crippen molar-refractivity contribution in [3.63, 3.8) is 0 Å². The normalized spacial score (nSPS) is 15.8. The number of thiazole rings is 1. The second kappa shape index (κ2) is 5.97. The van der Waals surface area contributed by atoms with Crippen molar-refractivity contribution < 1.29 is 9.53 Å². The lowest BCUT2D eigenvalue weighted by atomic mass is 9.93. The number of amides is 1. The molecule has 0 radical (unpaired) electrons. The summed E-state index contributed by atoms with van der Waals surface area (Å²) in [6, 6.07) is 0.476. The van der Waals surface area contributed by atoms with Crippen LogP contribution in [0.15, 0.2) is 0 Å². The molecule has 1 saturated carbocycles. The van der Waals surface area contributed by atoms with Crippen molar-refractivity contribution in [1.82, 2.24) is 10.3 Å². The van der Waals surface area contributed by atoms with E-state index < -0.39 is 5.60 Å². The highest BCUT2D eigenvalue weighted by molar-refractivity contribution is 7.18. The van der Waals surface area contributed by atoms with Gasteiger partial charge < -0.3 is 21.1 Å². The topological polar surface area (TPSA) is 89.3 Å². The van der Waals surface area contributed by atoms with Crippen LogP contribution < -0.4 is 16.4 Å². The maximum atomic E-state index is 12.1. The number of nitrogens with one attached hydrogen (secondary N) is 2. The number of hydrogen-bond acceptors (Lipinski definition) is 6. The number of nitrogens with zero attached hydrogens (tertiary/aromatic N) is 1. The molecule has 6 nitrogen and oxygen atoms in total. The van der Waals surface area contributed by atoms with Gasteiger partial charge in [-0.1, -0.05) is 11.3 Å². The Kier molecular flexibility index (Phi) is 4.49. The van der Waals surface area contributed by atoms with E-state index >= 15 is 0 Å². The summed E-state index contributed by atoms with van der Waals surface area (Å²) in [5.74, 6) is 0.0799. The van der Waals surface area contributed by atoms with Crippen molar-refractivity contribution >= 4 is 28.2 Å². The van der Waals surface area contributed by atoms with Gasteiger partial charge in [0.05, 0.1) is 5.60 Å². The Bertz CT molecular complexity index is 483. The van der Waals surface area contributed by atoms with E-state index in [0.29, 0.717) is 17.5 Å². The Hall–Kier alpha value is -1.34. The Morgan fingerprint density at radius 3 is 2.80 bits per heavy atom. The van der Waals surface area contributed by atoms with Crippen LogP contribution in [-0.2, 0) is 4.74 Å². The largest absolute Gasteiger partial charge is 0.382 e. The number of carbonyl (C=O) groups is 1. The molecular formula is C13H22N4O2S.